The number of hydrogen-bond donors (Lipinski definition) is 0. The van der Waals surface area contributed by atoms with Crippen molar-refractivity contribution in [1.82, 2.24) is 14.7 Å². The van der Waals surface area contributed by atoms with E-state index in [0.29, 0.717) is 12.6 Å². The van der Waals surface area contributed by atoms with Crippen molar-refractivity contribution in [2.24, 2.45) is 17.8 Å². The number of likely N-dealkylation sites (N-methyl/N-ethyl adjacent to an activating group) is 1. The smallest absolute Gasteiger partial charge is 0.225 e. The van der Waals surface area contributed by atoms with Crippen molar-refractivity contribution in [3.63, 3.8) is 0 Å². The molecule has 230 valence electrons. The summed E-state index contributed by atoms with van der Waals surface area (Å²) in [5.41, 5.74) is 0. The fraction of sp³-hybridized carbons (Fsp3) is 0.839. The maximum atomic E-state index is 13.6. The number of rotatable bonds is 16. The van der Waals surface area contributed by atoms with Gasteiger partial charge < -0.3 is 24.1 Å². The van der Waals surface area contributed by atoms with Gasteiger partial charge in [0.2, 0.25) is 11.8 Å². The third-order valence-corrected chi connectivity index (χ3v) is 10.0. The number of methoxy groups -OCH3 is 2. The van der Waals surface area contributed by atoms with Crippen molar-refractivity contribution < 1.29 is 28.7 Å². The number of ether oxygens (including phenoxy) is 2. The summed E-state index contributed by atoms with van der Waals surface area (Å²) in [4.78, 5) is 57.3. The van der Waals surface area contributed by atoms with E-state index in [4.69, 9.17) is 9.47 Å². The molecule has 9 unspecified atom stereocenters. The fourth-order valence-electron chi connectivity index (χ4n) is 7.67. The molecule has 0 N–H and O–H groups in total. The molecule has 41 heavy (non-hydrogen) atoms. The van der Waals surface area contributed by atoms with Crippen LogP contribution in [0.25, 0.3) is 0 Å². The average Bonchev–Trinajstić information content (AvgIpc) is 3.72. The third-order valence-electron chi connectivity index (χ3n) is 10.0. The second kappa shape index (κ2) is 15.2. The van der Waals surface area contributed by atoms with Crippen LogP contribution in [0.4, 0.5) is 0 Å². The summed E-state index contributed by atoms with van der Waals surface area (Å²) in [5.74, 6) is -0.158. The van der Waals surface area contributed by atoms with Crippen LogP contribution in [0.3, 0.4) is 0 Å². The molecule has 2 heterocycles. The minimum absolute atomic E-state index is 0.0464. The van der Waals surface area contributed by atoms with Crippen LogP contribution < -0.4 is 0 Å². The zero-order valence-electron chi connectivity index (χ0n) is 25.8. The molecular formula is C31H50N4O6. The summed E-state index contributed by atoms with van der Waals surface area (Å²) >= 11 is 0. The van der Waals surface area contributed by atoms with Gasteiger partial charge in [0.25, 0.3) is 0 Å². The Morgan fingerprint density at radius 1 is 1.12 bits per heavy atom. The summed E-state index contributed by atoms with van der Waals surface area (Å²) < 4.78 is 11.5. The normalized spacial score (nSPS) is 27.6. The largest absolute Gasteiger partial charge is 0.379 e. The number of nitrogens with zero attached hydrogens (tertiary/aromatic N) is 4. The molecule has 0 radical (unpaired) electrons. The van der Waals surface area contributed by atoms with Crippen molar-refractivity contribution in [3.05, 3.63) is 0 Å². The predicted molar refractivity (Wildman–Crippen MR) is 154 cm³/mol. The monoisotopic (exact) mass is 574 g/mol. The van der Waals surface area contributed by atoms with Crippen molar-refractivity contribution in [2.75, 3.05) is 34.4 Å². The first kappa shape index (κ1) is 33.2. The molecule has 2 aliphatic heterocycles. The van der Waals surface area contributed by atoms with Crippen LogP contribution in [-0.4, -0.2) is 109 Å². The quantitative estimate of drug-likeness (QED) is 0.204. The molecule has 0 aromatic heterocycles. The molecule has 10 nitrogen and oxygen atoms in total. The SMILES string of the molecule is CCC(C)C(C(CC(=O)N1CCCC1C(OC)C(C)C=O)OC)N(C)C(=O)CCC(=O)C1C2CCC(C2)N1CC#N. The molecule has 0 aromatic rings. The Morgan fingerprint density at radius 2 is 1.85 bits per heavy atom. The zero-order valence-corrected chi connectivity index (χ0v) is 25.8. The number of ketones is 1. The molecule has 3 aliphatic rings. The van der Waals surface area contributed by atoms with Crippen LogP contribution in [0, 0.1) is 29.1 Å². The van der Waals surface area contributed by atoms with Gasteiger partial charge in [0, 0.05) is 52.6 Å². The van der Waals surface area contributed by atoms with E-state index >= 15 is 0 Å². The summed E-state index contributed by atoms with van der Waals surface area (Å²) in [7, 11) is 4.89. The van der Waals surface area contributed by atoms with Crippen molar-refractivity contribution >= 4 is 23.9 Å². The molecule has 2 saturated heterocycles. The highest BCUT2D eigenvalue weighted by molar-refractivity contribution is 5.89. The molecule has 1 aliphatic carbocycles. The van der Waals surface area contributed by atoms with Gasteiger partial charge >= 0.3 is 0 Å². The third kappa shape index (κ3) is 7.36. The van der Waals surface area contributed by atoms with E-state index in [1.807, 2.05) is 23.6 Å². The van der Waals surface area contributed by atoms with Crippen molar-refractivity contribution in [3.8, 4) is 6.07 Å². The Morgan fingerprint density at radius 3 is 2.46 bits per heavy atom. The van der Waals surface area contributed by atoms with E-state index in [2.05, 4.69) is 13.0 Å². The summed E-state index contributed by atoms with van der Waals surface area (Å²) in [5, 5.41) is 9.26. The summed E-state index contributed by atoms with van der Waals surface area (Å²) in [6.07, 6.45) is 5.73. The number of carbonyl (C=O) groups is 4. The van der Waals surface area contributed by atoms with E-state index < -0.39 is 6.10 Å². The zero-order chi connectivity index (χ0) is 30.3. The highest BCUT2D eigenvalue weighted by atomic mass is 16.5. The van der Waals surface area contributed by atoms with Crippen molar-refractivity contribution in [2.45, 2.75) is 115 Å². The number of amides is 2. The Hall–Kier alpha value is -2.35. The standard InChI is InChI=1S/C31H50N4O6/c1-7-20(2)29(26(40-5)18-28(39)35-15-8-9-24(35)31(41-6)21(3)19-36)33(4)27(38)13-12-25(37)30-22-10-11-23(17-22)34(30)16-14-32/h19-24,26,29-31H,7-13,15-18H2,1-6H3. The van der Waals surface area contributed by atoms with Crippen molar-refractivity contribution in [1.29, 1.82) is 5.26 Å². The van der Waals surface area contributed by atoms with Gasteiger partial charge in [-0.2, -0.15) is 5.26 Å². The van der Waals surface area contributed by atoms with Crippen LogP contribution in [0.1, 0.15) is 78.6 Å². The van der Waals surface area contributed by atoms with E-state index in [1.165, 1.54) is 0 Å². The fourth-order valence-corrected chi connectivity index (χ4v) is 7.67. The molecule has 0 aromatic carbocycles. The Kier molecular flexibility index (Phi) is 12.3. The molecular weight excluding hydrogens is 524 g/mol. The number of carbonyl (C=O) groups excluding carboxylic acids is 4. The first-order valence-corrected chi connectivity index (χ1v) is 15.3. The average molecular weight is 575 g/mol. The topological polar surface area (TPSA) is 120 Å². The lowest BCUT2D eigenvalue weighted by atomic mass is 9.89. The van der Waals surface area contributed by atoms with Gasteiger partial charge in [-0.25, -0.2) is 0 Å². The Balaban J connectivity index is 1.66. The number of piperidine rings is 1. The molecule has 10 heteroatoms. The molecule has 0 spiro atoms. The summed E-state index contributed by atoms with van der Waals surface area (Å²) in [6.45, 7) is 6.76. The van der Waals surface area contributed by atoms with Gasteiger partial charge in [0.1, 0.15) is 6.29 Å². The van der Waals surface area contributed by atoms with Crippen LogP contribution in [0.2, 0.25) is 0 Å². The van der Waals surface area contributed by atoms with E-state index in [9.17, 15) is 24.4 Å². The van der Waals surface area contributed by atoms with Gasteiger partial charge in [-0.3, -0.25) is 19.3 Å². The highest BCUT2D eigenvalue weighted by Crippen LogP contribution is 2.43. The van der Waals surface area contributed by atoms with E-state index in [1.54, 1.807) is 26.2 Å². The predicted octanol–water partition coefficient (Wildman–Crippen LogP) is 2.83. The first-order valence-electron chi connectivity index (χ1n) is 15.3. The van der Waals surface area contributed by atoms with Gasteiger partial charge in [-0.05, 0) is 43.9 Å². The molecule has 3 rings (SSSR count). The maximum absolute atomic E-state index is 13.6. The maximum Gasteiger partial charge on any atom is 0.225 e. The molecule has 2 amide bonds. The van der Waals surface area contributed by atoms with Crippen LogP contribution in [-0.2, 0) is 28.7 Å². The van der Waals surface area contributed by atoms with E-state index in [-0.39, 0.29) is 85.4 Å². The molecule has 1 saturated carbocycles. The van der Waals surface area contributed by atoms with E-state index in [0.717, 1.165) is 44.8 Å². The minimum Gasteiger partial charge on any atom is -0.379 e. The number of nitriles is 1. The van der Waals surface area contributed by atoms with Crippen LogP contribution in [0.15, 0.2) is 0 Å². The number of aldehydes is 1. The molecule has 9 atom stereocenters. The minimum atomic E-state index is -0.524. The number of likely N-dealkylation sites (tertiary alicyclic amines) is 2. The highest BCUT2D eigenvalue weighted by Gasteiger charge is 2.48. The second-order valence-corrected chi connectivity index (χ2v) is 12.3. The van der Waals surface area contributed by atoms with Crippen LogP contribution in [0.5, 0.6) is 0 Å². The lowest BCUT2D eigenvalue weighted by molar-refractivity contribution is -0.145. The molecule has 2 bridgehead atoms. The number of Topliss-reactive ketones (excluding diaryl/α,β-unsaturated/α-hetero) is 1. The van der Waals surface area contributed by atoms with Gasteiger partial charge in [0.05, 0.1) is 49.4 Å². The Labute approximate surface area is 245 Å². The van der Waals surface area contributed by atoms with Gasteiger partial charge in [-0.1, -0.05) is 27.2 Å². The second-order valence-electron chi connectivity index (χ2n) is 12.3. The van der Waals surface area contributed by atoms with Gasteiger partial charge in [-0.15, -0.1) is 0 Å². The van der Waals surface area contributed by atoms with Gasteiger partial charge in [0.15, 0.2) is 5.78 Å². The van der Waals surface area contributed by atoms with Crippen LogP contribution >= 0.6 is 0 Å². The number of fused-ring (bicyclic) bond motifs is 2. The number of hydrogen-bond acceptors (Lipinski definition) is 8. The lowest BCUT2D eigenvalue weighted by Gasteiger charge is -2.39. The first-order chi connectivity index (χ1) is 19.6. The summed E-state index contributed by atoms with van der Waals surface area (Å²) in [6, 6.07) is 1.73. The molecule has 3 fully saturated rings. The lowest BCUT2D eigenvalue weighted by Crippen LogP contribution is -2.52. The Bertz CT molecular complexity index is 969.